The molecule has 0 saturated carbocycles. The molecule has 1 unspecified atom stereocenters. The van der Waals surface area contributed by atoms with Gasteiger partial charge in [0.05, 0.1) is 11.6 Å². The van der Waals surface area contributed by atoms with Crippen molar-refractivity contribution in [3.8, 4) is 40.2 Å². The predicted octanol–water partition coefficient (Wildman–Crippen LogP) is 1.34. The number of fused-ring (bicyclic) bond motifs is 1. The highest BCUT2D eigenvalue weighted by atomic mass is 16.7. The van der Waals surface area contributed by atoms with Crippen LogP contribution >= 0.6 is 0 Å². The molecular formula is C30H29O14+. The molecule has 0 aromatic heterocycles. The summed E-state index contributed by atoms with van der Waals surface area (Å²) >= 11 is 0. The van der Waals surface area contributed by atoms with Crippen LogP contribution in [-0.4, -0.2) is 94.0 Å². The smallest absolute Gasteiger partial charge is 0.330 e. The zero-order valence-corrected chi connectivity index (χ0v) is 22.6. The van der Waals surface area contributed by atoms with Gasteiger partial charge < -0.3 is 64.9 Å². The van der Waals surface area contributed by atoms with Crippen LogP contribution in [0.25, 0.3) is 12.2 Å². The van der Waals surface area contributed by atoms with Crippen molar-refractivity contribution in [3.63, 3.8) is 0 Å². The normalized spacial score (nSPS) is 24.7. The van der Waals surface area contributed by atoms with Crippen molar-refractivity contribution < 1.29 is 69.7 Å². The fourth-order valence-electron chi connectivity index (χ4n) is 4.66. The molecule has 0 spiro atoms. The molecule has 2 heterocycles. The monoisotopic (exact) mass is 613 g/mol. The molecule has 2 aliphatic rings. The van der Waals surface area contributed by atoms with Gasteiger partial charge in [-0.3, -0.25) is 0 Å². The largest absolute Gasteiger partial charge is 0.571 e. The first-order valence-corrected chi connectivity index (χ1v) is 13.1. The van der Waals surface area contributed by atoms with E-state index in [9.17, 15) is 50.8 Å². The van der Waals surface area contributed by atoms with Crippen LogP contribution in [0.5, 0.6) is 40.2 Å². The second kappa shape index (κ2) is 12.2. The SMILES string of the molecule is O=C(/C=C/c1ccc(O)cc1)OC[C@H]1O[C@@H](OC2=Cc3c(O)cc(O)cc3[OH+]C2c2cc(O)c(O)c(O)c2)[C@H](O)[C@@H](O)[C@@H]1O. The molecule has 6 atom stereocenters. The van der Waals surface area contributed by atoms with E-state index < -0.39 is 66.6 Å². The number of phenolic OH excluding ortho intramolecular Hbond substituents is 6. The highest BCUT2D eigenvalue weighted by molar-refractivity contribution is 5.87. The summed E-state index contributed by atoms with van der Waals surface area (Å²) in [5.74, 6) is -3.66. The topological polar surface area (TPSA) is 240 Å². The Kier molecular flexibility index (Phi) is 8.42. The molecule has 2 aliphatic heterocycles. The lowest BCUT2D eigenvalue weighted by Crippen LogP contribution is -2.59. The number of hydrogen-bond donors (Lipinski definition) is 9. The molecule has 14 heteroatoms. The lowest BCUT2D eigenvalue weighted by Gasteiger charge is -2.40. The Hall–Kier alpha value is -5.15. The second-order valence-electron chi connectivity index (χ2n) is 10.1. The summed E-state index contributed by atoms with van der Waals surface area (Å²) in [6.45, 7) is -0.557. The van der Waals surface area contributed by atoms with Gasteiger partial charge in [0.2, 0.25) is 6.29 Å². The number of aliphatic hydroxyl groups excluding tert-OH is 3. The molecule has 5 rings (SSSR count). The number of carbonyl (C=O) groups is 1. The lowest BCUT2D eigenvalue weighted by molar-refractivity contribution is -0.296. The Bertz CT molecular complexity index is 1570. The molecule has 0 amide bonds. The quantitative estimate of drug-likeness (QED) is 0.0792. The second-order valence-corrected chi connectivity index (χ2v) is 10.1. The van der Waals surface area contributed by atoms with Crippen LogP contribution in [0.2, 0.25) is 0 Å². The third-order valence-corrected chi connectivity index (χ3v) is 6.97. The van der Waals surface area contributed by atoms with E-state index in [1.54, 1.807) is 12.1 Å². The number of carbonyl (C=O) groups excluding carboxylic acids is 1. The Morgan fingerprint density at radius 3 is 2.20 bits per heavy atom. The third kappa shape index (κ3) is 6.28. The van der Waals surface area contributed by atoms with Crippen molar-refractivity contribution >= 4 is 18.1 Å². The molecule has 14 nitrogen and oxygen atoms in total. The fourth-order valence-corrected chi connectivity index (χ4v) is 4.66. The van der Waals surface area contributed by atoms with Crippen LogP contribution in [0, 0.1) is 0 Å². The van der Waals surface area contributed by atoms with Crippen LogP contribution in [0.4, 0.5) is 0 Å². The summed E-state index contributed by atoms with van der Waals surface area (Å²) in [7, 11) is 0. The van der Waals surface area contributed by atoms with Crippen molar-refractivity contribution in [3.05, 3.63) is 77.1 Å². The van der Waals surface area contributed by atoms with Gasteiger partial charge in [-0.2, -0.15) is 0 Å². The van der Waals surface area contributed by atoms with Crippen LogP contribution in [0.15, 0.2) is 60.4 Å². The van der Waals surface area contributed by atoms with Gasteiger partial charge in [-0.1, -0.05) is 12.1 Å². The average Bonchev–Trinajstić information content (AvgIpc) is 2.98. The molecule has 10 N–H and O–H groups in total. The van der Waals surface area contributed by atoms with Crippen molar-refractivity contribution in [2.24, 2.45) is 0 Å². The van der Waals surface area contributed by atoms with Crippen molar-refractivity contribution in [2.45, 2.75) is 36.8 Å². The van der Waals surface area contributed by atoms with E-state index in [4.69, 9.17) is 14.2 Å². The van der Waals surface area contributed by atoms with E-state index in [0.29, 0.717) is 5.56 Å². The van der Waals surface area contributed by atoms with Crippen molar-refractivity contribution in [2.75, 3.05) is 6.61 Å². The summed E-state index contributed by atoms with van der Waals surface area (Å²) in [5, 5.41) is 91.4. The zero-order valence-electron chi connectivity index (χ0n) is 22.6. The van der Waals surface area contributed by atoms with E-state index in [2.05, 4.69) is 4.74 Å². The number of ether oxygens (including phenoxy) is 4. The maximum atomic E-state index is 12.3. The summed E-state index contributed by atoms with van der Waals surface area (Å²) in [4.78, 5) is 12.3. The Morgan fingerprint density at radius 1 is 0.841 bits per heavy atom. The first-order valence-electron chi connectivity index (χ1n) is 13.1. The summed E-state index contributed by atoms with van der Waals surface area (Å²) in [5.41, 5.74) is 0.770. The minimum absolute atomic E-state index is 0.0503. The van der Waals surface area contributed by atoms with Gasteiger partial charge >= 0.3 is 5.97 Å². The summed E-state index contributed by atoms with van der Waals surface area (Å²) in [6.07, 6.45) is -5.79. The van der Waals surface area contributed by atoms with Gasteiger partial charge in [-0.15, -0.1) is 0 Å². The molecule has 0 aliphatic carbocycles. The summed E-state index contributed by atoms with van der Waals surface area (Å²) < 4.78 is 21.1. The first kappa shape index (κ1) is 30.3. The minimum atomic E-state index is -1.83. The highest BCUT2D eigenvalue weighted by Gasteiger charge is 2.47. The zero-order chi connectivity index (χ0) is 31.7. The molecule has 3 aromatic carbocycles. The Balaban J connectivity index is 1.37. The van der Waals surface area contributed by atoms with Gasteiger partial charge in [0.1, 0.15) is 53.8 Å². The predicted molar refractivity (Wildman–Crippen MR) is 149 cm³/mol. The van der Waals surface area contributed by atoms with Gasteiger partial charge in [0.25, 0.3) is 11.9 Å². The van der Waals surface area contributed by atoms with E-state index in [0.717, 1.165) is 24.3 Å². The maximum Gasteiger partial charge on any atom is 0.330 e. The van der Waals surface area contributed by atoms with Gasteiger partial charge in [0.15, 0.2) is 23.0 Å². The molecule has 1 fully saturated rings. The van der Waals surface area contributed by atoms with Gasteiger partial charge in [-0.05, 0) is 35.9 Å². The third-order valence-electron chi connectivity index (χ3n) is 6.97. The van der Waals surface area contributed by atoms with Crippen LogP contribution in [-0.2, 0) is 19.0 Å². The van der Waals surface area contributed by atoms with Crippen molar-refractivity contribution in [1.82, 2.24) is 0 Å². The number of esters is 1. The molecular weight excluding hydrogens is 584 g/mol. The van der Waals surface area contributed by atoms with E-state index >= 15 is 0 Å². The summed E-state index contributed by atoms with van der Waals surface area (Å²) in [6, 6.07) is 10.4. The van der Waals surface area contributed by atoms with E-state index in [1.165, 1.54) is 30.4 Å². The molecule has 3 aromatic rings. The van der Waals surface area contributed by atoms with E-state index in [-0.39, 0.29) is 39.9 Å². The van der Waals surface area contributed by atoms with Crippen LogP contribution < -0.4 is 0 Å². The van der Waals surface area contributed by atoms with Crippen LogP contribution in [0.1, 0.15) is 22.8 Å². The first-order chi connectivity index (χ1) is 20.9. The molecule has 232 valence electrons. The molecule has 1 saturated heterocycles. The minimum Gasteiger partial charge on any atom is -0.571 e. The van der Waals surface area contributed by atoms with Crippen LogP contribution in [0.3, 0.4) is 0 Å². The van der Waals surface area contributed by atoms with Crippen molar-refractivity contribution in [1.29, 1.82) is 0 Å². The number of aromatic hydroxyl groups is 7. The molecule has 0 bridgehead atoms. The number of benzene rings is 3. The lowest BCUT2D eigenvalue weighted by atomic mass is 9.98. The van der Waals surface area contributed by atoms with E-state index in [1.807, 2.05) is 0 Å². The highest BCUT2D eigenvalue weighted by Crippen LogP contribution is 2.47. The average molecular weight is 614 g/mol. The molecule has 0 radical (unpaired) electrons. The molecule has 44 heavy (non-hydrogen) atoms. The van der Waals surface area contributed by atoms with Gasteiger partial charge in [-0.25, -0.2) is 4.79 Å². The Morgan fingerprint density at radius 2 is 1.52 bits per heavy atom. The number of rotatable bonds is 7. The standard InChI is InChI=1S/C30H28O14/c31-15-4-1-13(2-5-15)3-6-24(36)41-12-23-26(38)27(39)28(40)30(44-23)43-22-11-17-18(33)9-16(32)10-21(17)42-29(22)14-7-19(34)25(37)20(35)8-14/h1-11,23,26-35,37-40H,12H2/p+1/b6-3+/t23-,26-,27+,28-,29?,30-/m1/s1. The Labute approximate surface area is 248 Å². The number of phenols is 6. The number of aliphatic hydroxyl groups is 4. The fraction of sp³-hybridized carbons (Fsp3) is 0.233. The maximum absolute atomic E-state index is 12.3. The number of hydrogen-bond acceptors (Lipinski definition) is 13. The van der Waals surface area contributed by atoms with Gasteiger partial charge in [0, 0.05) is 18.2 Å².